The highest BCUT2D eigenvalue weighted by molar-refractivity contribution is 6.02. The smallest absolute Gasteiger partial charge is 0.291 e. The van der Waals surface area contributed by atoms with Gasteiger partial charge < -0.3 is 20.4 Å². The van der Waals surface area contributed by atoms with Gasteiger partial charge in [0.15, 0.2) is 5.76 Å². The number of halogens is 1. The van der Waals surface area contributed by atoms with E-state index in [-0.39, 0.29) is 30.0 Å². The van der Waals surface area contributed by atoms with Gasteiger partial charge in [0.05, 0.1) is 6.26 Å². The number of rotatable bonds is 5. The molecule has 0 atom stereocenters. The second-order valence-electron chi connectivity index (χ2n) is 5.95. The maximum Gasteiger partial charge on any atom is 0.291 e. The second kappa shape index (κ2) is 9.25. The number of carbonyl (C=O) groups is 2. The van der Waals surface area contributed by atoms with Gasteiger partial charge in [-0.1, -0.05) is 0 Å². The molecule has 1 aliphatic rings. The van der Waals surface area contributed by atoms with Gasteiger partial charge in [-0.05, 0) is 68.2 Å². The summed E-state index contributed by atoms with van der Waals surface area (Å²) in [6.45, 7) is 1.98. The van der Waals surface area contributed by atoms with Gasteiger partial charge in [-0.15, -0.1) is 12.4 Å². The first-order valence-corrected chi connectivity index (χ1v) is 8.16. The summed E-state index contributed by atoms with van der Waals surface area (Å²) >= 11 is 0. The summed E-state index contributed by atoms with van der Waals surface area (Å²) in [4.78, 5) is 24.0. The molecule has 0 radical (unpaired) electrons. The summed E-state index contributed by atoms with van der Waals surface area (Å²) < 4.78 is 5.04. The van der Waals surface area contributed by atoms with Crippen LogP contribution in [0, 0.1) is 5.92 Å². The van der Waals surface area contributed by atoms with Crippen LogP contribution < -0.4 is 16.0 Å². The largest absolute Gasteiger partial charge is 0.459 e. The average molecular weight is 364 g/mol. The van der Waals surface area contributed by atoms with Crippen molar-refractivity contribution in [3.63, 3.8) is 0 Å². The molecule has 1 fully saturated rings. The van der Waals surface area contributed by atoms with Gasteiger partial charge in [0.1, 0.15) is 0 Å². The normalized spacial score (nSPS) is 14.4. The number of benzene rings is 1. The molecule has 1 aliphatic heterocycles. The highest BCUT2D eigenvalue weighted by Crippen LogP contribution is 2.19. The Morgan fingerprint density at radius 1 is 1.04 bits per heavy atom. The zero-order valence-electron chi connectivity index (χ0n) is 13.8. The van der Waals surface area contributed by atoms with Crippen LogP contribution in [0.1, 0.15) is 29.8 Å². The molecule has 0 bridgehead atoms. The molecule has 1 saturated heterocycles. The average Bonchev–Trinajstić information content (AvgIpc) is 3.12. The Kier molecular flexibility index (Phi) is 7.03. The Labute approximate surface area is 152 Å². The van der Waals surface area contributed by atoms with Gasteiger partial charge in [0.2, 0.25) is 5.91 Å². The molecule has 3 rings (SSSR count). The number of piperidine rings is 1. The fraction of sp³-hybridized carbons (Fsp3) is 0.333. The third kappa shape index (κ3) is 5.62. The predicted molar refractivity (Wildman–Crippen MR) is 99.2 cm³/mol. The van der Waals surface area contributed by atoms with Gasteiger partial charge >= 0.3 is 0 Å². The first-order valence-electron chi connectivity index (χ1n) is 8.16. The molecule has 3 N–H and O–H groups in total. The molecule has 1 aromatic carbocycles. The van der Waals surface area contributed by atoms with Crippen molar-refractivity contribution in [1.82, 2.24) is 5.32 Å². The third-order valence-corrected chi connectivity index (χ3v) is 4.10. The third-order valence-electron chi connectivity index (χ3n) is 4.10. The molecule has 2 aromatic rings. The maximum atomic E-state index is 12.1. The molecule has 0 unspecified atom stereocenters. The zero-order chi connectivity index (χ0) is 16.8. The summed E-state index contributed by atoms with van der Waals surface area (Å²) in [5, 5.41) is 8.94. The molecule has 2 amide bonds. The Hall–Kier alpha value is -2.31. The fourth-order valence-electron chi connectivity index (χ4n) is 2.80. The van der Waals surface area contributed by atoms with E-state index in [1.807, 2.05) is 0 Å². The first kappa shape index (κ1) is 19.0. The minimum atomic E-state index is -0.303. The van der Waals surface area contributed by atoms with Crippen molar-refractivity contribution in [2.24, 2.45) is 5.92 Å². The van der Waals surface area contributed by atoms with E-state index in [1.54, 1.807) is 36.4 Å². The number of anilines is 2. The molecule has 134 valence electrons. The lowest BCUT2D eigenvalue weighted by molar-refractivity contribution is -0.117. The topological polar surface area (TPSA) is 83.4 Å². The zero-order valence-corrected chi connectivity index (χ0v) is 14.6. The number of nitrogens with one attached hydrogen (secondary N) is 3. The molecule has 0 saturated carbocycles. The lowest BCUT2D eigenvalue weighted by Crippen LogP contribution is -2.30. The van der Waals surface area contributed by atoms with Crippen LogP contribution in [0.25, 0.3) is 0 Å². The van der Waals surface area contributed by atoms with E-state index in [4.69, 9.17) is 4.42 Å². The van der Waals surface area contributed by atoms with Crippen LogP contribution in [0.2, 0.25) is 0 Å². The van der Waals surface area contributed by atoms with Crippen LogP contribution >= 0.6 is 12.4 Å². The highest BCUT2D eigenvalue weighted by Gasteiger charge is 2.16. The minimum absolute atomic E-state index is 0. The Bertz CT molecular complexity index is 680. The van der Waals surface area contributed by atoms with Crippen LogP contribution in [-0.2, 0) is 4.79 Å². The van der Waals surface area contributed by atoms with Crippen LogP contribution in [0.5, 0.6) is 0 Å². The minimum Gasteiger partial charge on any atom is -0.459 e. The van der Waals surface area contributed by atoms with Crippen LogP contribution in [0.4, 0.5) is 11.4 Å². The lowest BCUT2D eigenvalue weighted by Gasteiger charge is -2.21. The Morgan fingerprint density at radius 3 is 2.28 bits per heavy atom. The second-order valence-corrected chi connectivity index (χ2v) is 5.95. The van der Waals surface area contributed by atoms with Gasteiger partial charge in [0.25, 0.3) is 5.91 Å². The number of hydrogen-bond acceptors (Lipinski definition) is 4. The molecule has 0 spiro atoms. The molecular weight excluding hydrogens is 342 g/mol. The molecule has 1 aromatic heterocycles. The highest BCUT2D eigenvalue weighted by atomic mass is 35.5. The van der Waals surface area contributed by atoms with Gasteiger partial charge in [-0.2, -0.15) is 0 Å². The van der Waals surface area contributed by atoms with Crippen molar-refractivity contribution >= 4 is 35.6 Å². The fourth-order valence-corrected chi connectivity index (χ4v) is 2.80. The van der Waals surface area contributed by atoms with Crippen molar-refractivity contribution in [1.29, 1.82) is 0 Å². The van der Waals surface area contributed by atoms with E-state index in [0.29, 0.717) is 18.0 Å². The summed E-state index contributed by atoms with van der Waals surface area (Å²) in [5.41, 5.74) is 1.37. The van der Waals surface area contributed by atoms with Gasteiger partial charge in [-0.25, -0.2) is 0 Å². The number of amides is 2. The van der Waals surface area contributed by atoms with Crippen molar-refractivity contribution in [2.45, 2.75) is 19.3 Å². The standard InChI is InChI=1S/C18H21N3O3.ClH/c22-17(12-13-7-9-19-10-8-13)20-14-3-5-15(6-4-14)21-18(23)16-2-1-11-24-16;/h1-6,11,13,19H,7-10,12H2,(H,20,22)(H,21,23);1H. The van der Waals surface area contributed by atoms with Crippen molar-refractivity contribution in [3.05, 3.63) is 48.4 Å². The number of hydrogen-bond donors (Lipinski definition) is 3. The predicted octanol–water partition coefficient (Wildman–Crippen LogP) is 3.28. The van der Waals surface area contributed by atoms with Crippen molar-refractivity contribution in [3.8, 4) is 0 Å². The van der Waals surface area contributed by atoms with Crippen LogP contribution in [0.3, 0.4) is 0 Å². The molecule has 7 heteroatoms. The molecular formula is C18H22ClN3O3. The SMILES string of the molecule is Cl.O=C(CC1CCNCC1)Nc1ccc(NC(=O)c2ccco2)cc1. The van der Waals surface area contributed by atoms with E-state index >= 15 is 0 Å². The quantitative estimate of drug-likeness (QED) is 0.761. The van der Waals surface area contributed by atoms with E-state index < -0.39 is 0 Å². The summed E-state index contributed by atoms with van der Waals surface area (Å²) in [6.07, 6.45) is 4.10. The number of furan rings is 1. The summed E-state index contributed by atoms with van der Waals surface area (Å²) in [6, 6.07) is 10.3. The molecule has 2 heterocycles. The van der Waals surface area contributed by atoms with E-state index in [0.717, 1.165) is 31.6 Å². The monoisotopic (exact) mass is 363 g/mol. The van der Waals surface area contributed by atoms with E-state index in [9.17, 15) is 9.59 Å². The van der Waals surface area contributed by atoms with E-state index in [1.165, 1.54) is 6.26 Å². The maximum absolute atomic E-state index is 12.1. The van der Waals surface area contributed by atoms with Crippen molar-refractivity contribution < 1.29 is 14.0 Å². The van der Waals surface area contributed by atoms with E-state index in [2.05, 4.69) is 16.0 Å². The van der Waals surface area contributed by atoms with Crippen LogP contribution in [0.15, 0.2) is 47.1 Å². The Balaban J connectivity index is 0.00000225. The van der Waals surface area contributed by atoms with Gasteiger partial charge in [0, 0.05) is 17.8 Å². The molecule has 0 aliphatic carbocycles. The van der Waals surface area contributed by atoms with Gasteiger partial charge in [-0.3, -0.25) is 9.59 Å². The van der Waals surface area contributed by atoms with Crippen LogP contribution in [-0.4, -0.2) is 24.9 Å². The molecule has 6 nitrogen and oxygen atoms in total. The lowest BCUT2D eigenvalue weighted by atomic mass is 9.94. The van der Waals surface area contributed by atoms with Crippen molar-refractivity contribution in [2.75, 3.05) is 23.7 Å². The summed E-state index contributed by atoms with van der Waals surface area (Å²) in [5.74, 6) is 0.449. The Morgan fingerprint density at radius 2 is 1.68 bits per heavy atom. The number of carbonyl (C=O) groups excluding carboxylic acids is 2. The first-order chi connectivity index (χ1) is 11.7. The molecule has 25 heavy (non-hydrogen) atoms. The summed E-state index contributed by atoms with van der Waals surface area (Å²) in [7, 11) is 0.